The number of rotatable bonds is 14. The van der Waals surface area contributed by atoms with Gasteiger partial charge in [-0.05, 0) is 79.4 Å². The standard InChI is InChI=1S/C29H39NO2/c1-3-4-5-6-7-8-9-10-23-32-28-18-12-25(13-19-28)21-22-30-24(2)11-20-29(30)26-14-16-27(31)17-15-26/h11-20,31H,3-10,21-23H2,1-2H3. The van der Waals surface area contributed by atoms with Gasteiger partial charge in [-0.2, -0.15) is 0 Å². The van der Waals surface area contributed by atoms with Crippen LogP contribution >= 0.6 is 0 Å². The monoisotopic (exact) mass is 433 g/mol. The number of aromatic nitrogens is 1. The molecule has 1 N–H and O–H groups in total. The molecule has 0 aliphatic rings. The highest BCUT2D eigenvalue weighted by Gasteiger charge is 2.08. The summed E-state index contributed by atoms with van der Waals surface area (Å²) in [5.41, 5.74) is 4.88. The summed E-state index contributed by atoms with van der Waals surface area (Å²) in [6.07, 6.45) is 11.5. The Morgan fingerprint density at radius 2 is 1.41 bits per heavy atom. The maximum atomic E-state index is 9.56. The van der Waals surface area contributed by atoms with E-state index in [9.17, 15) is 5.11 Å². The van der Waals surface area contributed by atoms with Gasteiger partial charge < -0.3 is 14.4 Å². The quantitative estimate of drug-likeness (QED) is 0.262. The van der Waals surface area contributed by atoms with Gasteiger partial charge in [0.05, 0.1) is 6.61 Å². The minimum Gasteiger partial charge on any atom is -0.508 e. The van der Waals surface area contributed by atoms with E-state index in [1.807, 2.05) is 12.1 Å². The molecule has 3 rings (SSSR count). The molecule has 0 spiro atoms. The van der Waals surface area contributed by atoms with Gasteiger partial charge in [-0.15, -0.1) is 0 Å². The SMILES string of the molecule is CCCCCCCCCCOc1ccc(CCn2c(C)ccc2-c2ccc(O)cc2)cc1. The Morgan fingerprint density at radius 1 is 0.750 bits per heavy atom. The fourth-order valence-corrected chi connectivity index (χ4v) is 4.17. The minimum absolute atomic E-state index is 0.299. The molecule has 0 aliphatic heterocycles. The van der Waals surface area contributed by atoms with Crippen LogP contribution < -0.4 is 4.74 Å². The molecule has 0 saturated carbocycles. The molecule has 1 aromatic heterocycles. The fourth-order valence-electron chi connectivity index (χ4n) is 4.17. The third-order valence-corrected chi connectivity index (χ3v) is 6.18. The number of phenols is 1. The lowest BCUT2D eigenvalue weighted by Gasteiger charge is -2.13. The average molecular weight is 434 g/mol. The van der Waals surface area contributed by atoms with E-state index < -0.39 is 0 Å². The van der Waals surface area contributed by atoms with Crippen molar-refractivity contribution in [3.63, 3.8) is 0 Å². The van der Waals surface area contributed by atoms with E-state index in [1.165, 1.54) is 61.9 Å². The van der Waals surface area contributed by atoms with Crippen molar-refractivity contribution in [1.82, 2.24) is 4.57 Å². The number of phenolic OH excluding ortho intramolecular Hbond substituents is 1. The molecule has 1 heterocycles. The Balaban J connectivity index is 1.41. The maximum Gasteiger partial charge on any atom is 0.119 e. The number of ether oxygens (including phenoxy) is 1. The van der Waals surface area contributed by atoms with Crippen molar-refractivity contribution in [3.05, 3.63) is 71.9 Å². The average Bonchev–Trinajstić information content (AvgIpc) is 3.18. The number of benzene rings is 2. The summed E-state index contributed by atoms with van der Waals surface area (Å²) in [6, 6.07) is 20.3. The summed E-state index contributed by atoms with van der Waals surface area (Å²) in [5.74, 6) is 1.27. The number of aryl methyl sites for hydroxylation is 2. The van der Waals surface area contributed by atoms with E-state index in [0.29, 0.717) is 5.75 Å². The molecule has 32 heavy (non-hydrogen) atoms. The van der Waals surface area contributed by atoms with E-state index >= 15 is 0 Å². The van der Waals surface area contributed by atoms with Crippen molar-refractivity contribution in [2.24, 2.45) is 0 Å². The lowest BCUT2D eigenvalue weighted by Crippen LogP contribution is -2.05. The second-order valence-corrected chi connectivity index (χ2v) is 8.78. The first kappa shape index (κ1) is 24.0. The predicted octanol–water partition coefficient (Wildman–Crippen LogP) is 7.93. The van der Waals surface area contributed by atoms with Gasteiger partial charge in [0.1, 0.15) is 11.5 Å². The van der Waals surface area contributed by atoms with Crippen molar-refractivity contribution in [2.75, 3.05) is 6.61 Å². The van der Waals surface area contributed by atoms with E-state index in [2.05, 4.69) is 54.8 Å². The molecule has 172 valence electrons. The predicted molar refractivity (Wildman–Crippen MR) is 135 cm³/mol. The van der Waals surface area contributed by atoms with Gasteiger partial charge in [0.2, 0.25) is 0 Å². The lowest BCUT2D eigenvalue weighted by atomic mass is 10.1. The Morgan fingerprint density at radius 3 is 2.09 bits per heavy atom. The van der Waals surface area contributed by atoms with Crippen molar-refractivity contribution < 1.29 is 9.84 Å². The third kappa shape index (κ3) is 7.47. The van der Waals surface area contributed by atoms with Crippen LogP contribution in [0, 0.1) is 6.92 Å². The number of unbranched alkanes of at least 4 members (excludes halogenated alkanes) is 7. The molecule has 0 bridgehead atoms. The van der Waals surface area contributed by atoms with Crippen LogP contribution in [0.2, 0.25) is 0 Å². The largest absolute Gasteiger partial charge is 0.508 e. The van der Waals surface area contributed by atoms with E-state index in [-0.39, 0.29) is 0 Å². The van der Waals surface area contributed by atoms with Crippen LogP contribution in [0.5, 0.6) is 11.5 Å². The Labute approximate surface area is 194 Å². The molecule has 0 amide bonds. The van der Waals surface area contributed by atoms with Gasteiger partial charge in [0.15, 0.2) is 0 Å². The molecule has 0 saturated heterocycles. The topological polar surface area (TPSA) is 34.4 Å². The van der Waals surface area contributed by atoms with Crippen LogP contribution in [0.1, 0.15) is 69.5 Å². The van der Waals surface area contributed by atoms with Crippen molar-refractivity contribution in [2.45, 2.75) is 78.2 Å². The van der Waals surface area contributed by atoms with E-state index in [0.717, 1.165) is 37.3 Å². The number of nitrogens with zero attached hydrogens (tertiary/aromatic N) is 1. The summed E-state index contributed by atoms with van der Waals surface area (Å²) >= 11 is 0. The normalized spacial score (nSPS) is 11.1. The lowest BCUT2D eigenvalue weighted by molar-refractivity contribution is 0.304. The second kappa shape index (κ2) is 13.0. The van der Waals surface area contributed by atoms with Crippen LogP contribution in [-0.4, -0.2) is 16.3 Å². The first-order valence-electron chi connectivity index (χ1n) is 12.3. The third-order valence-electron chi connectivity index (χ3n) is 6.18. The summed E-state index contributed by atoms with van der Waals surface area (Å²) in [6.45, 7) is 6.15. The van der Waals surface area contributed by atoms with E-state index in [1.54, 1.807) is 12.1 Å². The zero-order valence-electron chi connectivity index (χ0n) is 19.9. The number of hydrogen-bond donors (Lipinski definition) is 1. The zero-order valence-corrected chi connectivity index (χ0v) is 19.9. The summed E-state index contributed by atoms with van der Waals surface area (Å²) in [7, 11) is 0. The molecule has 0 unspecified atom stereocenters. The molecule has 2 aromatic carbocycles. The van der Waals surface area contributed by atoms with Crippen LogP contribution in [-0.2, 0) is 13.0 Å². The highest BCUT2D eigenvalue weighted by atomic mass is 16.5. The molecule has 0 atom stereocenters. The summed E-state index contributed by atoms with van der Waals surface area (Å²) < 4.78 is 8.28. The highest BCUT2D eigenvalue weighted by Crippen LogP contribution is 2.25. The Bertz CT molecular complexity index is 909. The van der Waals surface area contributed by atoms with Crippen molar-refractivity contribution in [1.29, 1.82) is 0 Å². The minimum atomic E-state index is 0.299. The van der Waals surface area contributed by atoms with Gasteiger partial charge >= 0.3 is 0 Å². The van der Waals surface area contributed by atoms with Crippen LogP contribution in [0.3, 0.4) is 0 Å². The van der Waals surface area contributed by atoms with Crippen molar-refractivity contribution >= 4 is 0 Å². The maximum absolute atomic E-state index is 9.56. The zero-order chi connectivity index (χ0) is 22.6. The van der Waals surface area contributed by atoms with Gasteiger partial charge in [0, 0.05) is 17.9 Å². The summed E-state index contributed by atoms with van der Waals surface area (Å²) in [4.78, 5) is 0. The Hall–Kier alpha value is -2.68. The Kier molecular flexibility index (Phi) is 9.74. The van der Waals surface area contributed by atoms with Gasteiger partial charge in [-0.3, -0.25) is 0 Å². The molecular formula is C29H39NO2. The van der Waals surface area contributed by atoms with Crippen LogP contribution in [0.4, 0.5) is 0 Å². The second-order valence-electron chi connectivity index (χ2n) is 8.78. The van der Waals surface area contributed by atoms with Crippen molar-refractivity contribution in [3.8, 4) is 22.8 Å². The van der Waals surface area contributed by atoms with Gasteiger partial charge in [-0.1, -0.05) is 64.0 Å². The molecule has 0 fully saturated rings. The van der Waals surface area contributed by atoms with Gasteiger partial charge in [0.25, 0.3) is 0 Å². The van der Waals surface area contributed by atoms with Crippen LogP contribution in [0.15, 0.2) is 60.7 Å². The molecule has 0 aliphatic carbocycles. The van der Waals surface area contributed by atoms with Gasteiger partial charge in [-0.25, -0.2) is 0 Å². The highest BCUT2D eigenvalue weighted by molar-refractivity contribution is 5.61. The van der Waals surface area contributed by atoms with E-state index in [4.69, 9.17) is 4.74 Å². The number of aromatic hydroxyl groups is 1. The van der Waals surface area contributed by atoms with Crippen LogP contribution in [0.25, 0.3) is 11.3 Å². The molecule has 3 heteroatoms. The molecule has 3 nitrogen and oxygen atoms in total. The summed E-state index contributed by atoms with van der Waals surface area (Å²) in [5, 5.41) is 9.56. The first-order valence-corrected chi connectivity index (χ1v) is 12.3. The smallest absolute Gasteiger partial charge is 0.119 e. The molecule has 0 radical (unpaired) electrons. The number of hydrogen-bond acceptors (Lipinski definition) is 2. The molecular weight excluding hydrogens is 394 g/mol. The first-order chi connectivity index (χ1) is 15.7. The molecule has 3 aromatic rings. The fraction of sp³-hybridized carbons (Fsp3) is 0.448.